The van der Waals surface area contributed by atoms with Gasteiger partial charge in [-0.05, 0) is 47.9 Å². The standard InChI is InChI=1S/C16H16F3NO2/c1-10-7-12(8-13(9-20)15(10)21-2)11-3-5-14(6-4-11)22-16(17,18)19/h3-8H,9,20H2,1-2H3. The molecule has 0 amide bonds. The quantitative estimate of drug-likeness (QED) is 0.927. The normalized spacial score (nSPS) is 11.4. The van der Waals surface area contributed by atoms with Crippen LogP contribution in [0.25, 0.3) is 11.1 Å². The van der Waals surface area contributed by atoms with Gasteiger partial charge in [-0.3, -0.25) is 0 Å². The van der Waals surface area contributed by atoms with Gasteiger partial charge in [0.05, 0.1) is 7.11 Å². The monoisotopic (exact) mass is 311 g/mol. The average molecular weight is 311 g/mol. The van der Waals surface area contributed by atoms with Crippen LogP contribution in [-0.4, -0.2) is 13.5 Å². The second-order valence-electron chi connectivity index (χ2n) is 4.76. The van der Waals surface area contributed by atoms with E-state index in [1.54, 1.807) is 19.2 Å². The Kier molecular flexibility index (Phi) is 4.61. The molecule has 0 unspecified atom stereocenters. The maximum absolute atomic E-state index is 12.1. The molecule has 0 fully saturated rings. The Hall–Kier alpha value is -2.21. The van der Waals surface area contributed by atoms with Crippen molar-refractivity contribution < 1.29 is 22.6 Å². The van der Waals surface area contributed by atoms with E-state index in [-0.39, 0.29) is 5.75 Å². The number of halogens is 3. The summed E-state index contributed by atoms with van der Waals surface area (Å²) in [5, 5.41) is 0. The molecule has 0 aliphatic heterocycles. The number of methoxy groups -OCH3 is 1. The first kappa shape index (κ1) is 16.2. The molecule has 118 valence electrons. The van der Waals surface area contributed by atoms with Crippen LogP contribution in [-0.2, 0) is 6.54 Å². The minimum Gasteiger partial charge on any atom is -0.496 e. The lowest BCUT2D eigenvalue weighted by Gasteiger charge is -2.14. The molecule has 0 bridgehead atoms. The Labute approximate surface area is 126 Å². The number of alkyl halides is 3. The molecule has 2 aromatic rings. The highest BCUT2D eigenvalue weighted by molar-refractivity contribution is 5.68. The smallest absolute Gasteiger partial charge is 0.496 e. The molecule has 0 spiro atoms. The van der Waals surface area contributed by atoms with Gasteiger partial charge in [0.15, 0.2) is 0 Å². The van der Waals surface area contributed by atoms with Crippen LogP contribution in [0.2, 0.25) is 0 Å². The molecule has 0 aliphatic rings. The van der Waals surface area contributed by atoms with Crippen LogP contribution in [0.15, 0.2) is 36.4 Å². The summed E-state index contributed by atoms with van der Waals surface area (Å²) >= 11 is 0. The van der Waals surface area contributed by atoms with Crippen molar-refractivity contribution in [2.45, 2.75) is 19.8 Å². The molecular weight excluding hydrogens is 295 g/mol. The number of ether oxygens (including phenoxy) is 2. The van der Waals surface area contributed by atoms with E-state index in [1.165, 1.54) is 12.1 Å². The van der Waals surface area contributed by atoms with Crippen molar-refractivity contribution >= 4 is 0 Å². The van der Waals surface area contributed by atoms with Crippen molar-refractivity contribution in [1.29, 1.82) is 0 Å². The number of nitrogens with two attached hydrogens (primary N) is 1. The van der Waals surface area contributed by atoms with Crippen LogP contribution in [0.4, 0.5) is 13.2 Å². The summed E-state index contributed by atoms with van der Waals surface area (Å²) in [6.45, 7) is 2.20. The lowest BCUT2D eigenvalue weighted by atomic mass is 9.99. The van der Waals surface area contributed by atoms with Crippen LogP contribution < -0.4 is 15.2 Å². The molecule has 2 rings (SSSR count). The van der Waals surface area contributed by atoms with Crippen molar-refractivity contribution in [3.63, 3.8) is 0 Å². The zero-order valence-electron chi connectivity index (χ0n) is 12.2. The van der Waals surface area contributed by atoms with Gasteiger partial charge < -0.3 is 15.2 Å². The van der Waals surface area contributed by atoms with E-state index in [1.807, 2.05) is 19.1 Å². The highest BCUT2D eigenvalue weighted by Crippen LogP contribution is 2.32. The summed E-state index contributed by atoms with van der Waals surface area (Å²) < 4.78 is 45.6. The number of benzene rings is 2. The molecule has 6 heteroatoms. The van der Waals surface area contributed by atoms with Crippen LogP contribution in [0.3, 0.4) is 0 Å². The largest absolute Gasteiger partial charge is 0.573 e. The first-order chi connectivity index (χ1) is 10.3. The van der Waals surface area contributed by atoms with Crippen LogP contribution in [0.1, 0.15) is 11.1 Å². The fourth-order valence-corrected chi connectivity index (χ4v) is 2.31. The minimum absolute atomic E-state index is 0.250. The van der Waals surface area contributed by atoms with Gasteiger partial charge >= 0.3 is 6.36 Å². The highest BCUT2D eigenvalue weighted by Gasteiger charge is 2.30. The molecule has 0 radical (unpaired) electrons. The summed E-state index contributed by atoms with van der Waals surface area (Å²) in [4.78, 5) is 0. The highest BCUT2D eigenvalue weighted by atomic mass is 19.4. The Morgan fingerprint density at radius 1 is 1.05 bits per heavy atom. The van der Waals surface area contributed by atoms with Gasteiger partial charge in [-0.2, -0.15) is 0 Å². The Balaban J connectivity index is 2.34. The predicted octanol–water partition coefficient (Wildman–Crippen LogP) is 4.03. The summed E-state index contributed by atoms with van der Waals surface area (Å²) in [5.74, 6) is 0.476. The number of hydrogen-bond acceptors (Lipinski definition) is 3. The third-order valence-electron chi connectivity index (χ3n) is 3.20. The van der Waals surface area contributed by atoms with Crippen molar-refractivity contribution in [3.8, 4) is 22.6 Å². The zero-order chi connectivity index (χ0) is 16.3. The first-order valence-electron chi connectivity index (χ1n) is 6.58. The molecule has 2 aromatic carbocycles. The van der Waals surface area contributed by atoms with Crippen LogP contribution >= 0.6 is 0 Å². The van der Waals surface area contributed by atoms with E-state index < -0.39 is 6.36 Å². The van der Waals surface area contributed by atoms with E-state index in [0.717, 1.165) is 28.0 Å². The fourth-order valence-electron chi connectivity index (χ4n) is 2.31. The molecular formula is C16H16F3NO2. The third-order valence-corrected chi connectivity index (χ3v) is 3.20. The van der Waals surface area contributed by atoms with E-state index in [9.17, 15) is 13.2 Å². The molecule has 0 saturated heterocycles. The molecule has 0 saturated carbocycles. The van der Waals surface area contributed by atoms with Gasteiger partial charge in [-0.1, -0.05) is 12.1 Å². The molecule has 0 aromatic heterocycles. The molecule has 22 heavy (non-hydrogen) atoms. The Bertz CT molecular complexity index is 652. The lowest BCUT2D eigenvalue weighted by molar-refractivity contribution is -0.274. The maximum atomic E-state index is 12.1. The van der Waals surface area contributed by atoms with E-state index in [2.05, 4.69) is 4.74 Å². The van der Waals surface area contributed by atoms with Gasteiger partial charge in [0.2, 0.25) is 0 Å². The average Bonchev–Trinajstić information content (AvgIpc) is 2.45. The van der Waals surface area contributed by atoms with E-state index in [0.29, 0.717) is 6.54 Å². The molecule has 0 atom stereocenters. The van der Waals surface area contributed by atoms with Gasteiger partial charge in [0.1, 0.15) is 11.5 Å². The summed E-state index contributed by atoms with van der Waals surface area (Å²) in [6.07, 6.45) is -4.69. The van der Waals surface area contributed by atoms with Gasteiger partial charge in [0, 0.05) is 12.1 Å². The summed E-state index contributed by atoms with van der Waals surface area (Å²) in [5.41, 5.74) is 9.10. The van der Waals surface area contributed by atoms with Crippen molar-refractivity contribution in [2.24, 2.45) is 5.73 Å². The number of aryl methyl sites for hydroxylation is 1. The van der Waals surface area contributed by atoms with E-state index >= 15 is 0 Å². The predicted molar refractivity (Wildman–Crippen MR) is 77.7 cm³/mol. The van der Waals surface area contributed by atoms with Gasteiger partial charge in [-0.25, -0.2) is 0 Å². The van der Waals surface area contributed by atoms with Crippen LogP contribution in [0, 0.1) is 6.92 Å². The molecule has 2 N–H and O–H groups in total. The Morgan fingerprint density at radius 2 is 1.68 bits per heavy atom. The van der Waals surface area contributed by atoms with Crippen molar-refractivity contribution in [1.82, 2.24) is 0 Å². The SMILES string of the molecule is COc1c(C)cc(-c2ccc(OC(F)(F)F)cc2)cc1CN. The first-order valence-corrected chi connectivity index (χ1v) is 6.58. The second-order valence-corrected chi connectivity index (χ2v) is 4.76. The van der Waals surface area contributed by atoms with E-state index in [4.69, 9.17) is 10.5 Å². The topological polar surface area (TPSA) is 44.5 Å². The number of hydrogen-bond donors (Lipinski definition) is 1. The molecule has 3 nitrogen and oxygen atoms in total. The van der Waals surface area contributed by atoms with Gasteiger partial charge in [-0.15, -0.1) is 13.2 Å². The fraction of sp³-hybridized carbons (Fsp3) is 0.250. The van der Waals surface area contributed by atoms with Gasteiger partial charge in [0.25, 0.3) is 0 Å². The van der Waals surface area contributed by atoms with Crippen LogP contribution in [0.5, 0.6) is 11.5 Å². The zero-order valence-corrected chi connectivity index (χ0v) is 12.2. The maximum Gasteiger partial charge on any atom is 0.573 e. The third kappa shape index (κ3) is 3.71. The number of rotatable bonds is 4. The lowest BCUT2D eigenvalue weighted by Crippen LogP contribution is -2.16. The van der Waals surface area contributed by atoms with Crippen molar-refractivity contribution in [2.75, 3.05) is 7.11 Å². The summed E-state index contributed by atoms with van der Waals surface area (Å²) in [6, 6.07) is 9.48. The van der Waals surface area contributed by atoms with Crippen molar-refractivity contribution in [3.05, 3.63) is 47.5 Å². The Morgan fingerprint density at radius 3 is 2.18 bits per heavy atom. The minimum atomic E-state index is -4.69. The molecule has 0 aliphatic carbocycles. The summed E-state index contributed by atoms with van der Waals surface area (Å²) in [7, 11) is 1.57. The second kappa shape index (κ2) is 6.27. The molecule has 0 heterocycles.